The van der Waals surface area contributed by atoms with Gasteiger partial charge >= 0.3 is 0 Å². The molecule has 1 aliphatic heterocycles. The van der Waals surface area contributed by atoms with Gasteiger partial charge in [0.2, 0.25) is 5.91 Å². The Labute approximate surface area is 144 Å². The summed E-state index contributed by atoms with van der Waals surface area (Å²) in [5, 5.41) is 2.03. The van der Waals surface area contributed by atoms with Crippen LogP contribution in [0.15, 0.2) is 34.7 Å². The molecule has 24 heavy (non-hydrogen) atoms. The summed E-state index contributed by atoms with van der Waals surface area (Å²) in [5.74, 6) is 0.324. The SMILES string of the molecule is O=C(CCc1cccs1)N1CCOC[C@@H](Cc2cc(=O)[nH]cn2)C1. The van der Waals surface area contributed by atoms with Crippen LogP contribution in [0.4, 0.5) is 0 Å². The Bertz CT molecular complexity index is 714. The van der Waals surface area contributed by atoms with Crippen molar-refractivity contribution in [2.24, 2.45) is 5.92 Å². The monoisotopic (exact) mass is 347 g/mol. The molecule has 0 unspecified atom stereocenters. The molecule has 0 bridgehead atoms. The average molecular weight is 347 g/mol. The van der Waals surface area contributed by atoms with E-state index in [0.717, 1.165) is 12.1 Å². The van der Waals surface area contributed by atoms with Gasteiger partial charge in [0.1, 0.15) is 0 Å². The first-order chi connectivity index (χ1) is 11.7. The van der Waals surface area contributed by atoms with Crippen LogP contribution in [0.2, 0.25) is 0 Å². The maximum Gasteiger partial charge on any atom is 0.250 e. The van der Waals surface area contributed by atoms with Crippen molar-refractivity contribution in [3.8, 4) is 0 Å². The maximum absolute atomic E-state index is 12.5. The normalized spacial score (nSPS) is 18.3. The lowest BCUT2D eigenvalue weighted by atomic mass is 10.0. The minimum Gasteiger partial charge on any atom is -0.379 e. The molecule has 7 heteroatoms. The molecule has 2 aromatic rings. The number of carbonyl (C=O) groups is 1. The van der Waals surface area contributed by atoms with Gasteiger partial charge in [-0.15, -0.1) is 11.3 Å². The molecule has 1 N–H and O–H groups in total. The van der Waals surface area contributed by atoms with Crippen molar-refractivity contribution in [3.05, 3.63) is 50.8 Å². The van der Waals surface area contributed by atoms with E-state index in [2.05, 4.69) is 16.0 Å². The molecule has 1 amide bonds. The van der Waals surface area contributed by atoms with Gasteiger partial charge in [-0.25, -0.2) is 4.98 Å². The molecule has 0 aromatic carbocycles. The first-order valence-corrected chi connectivity index (χ1v) is 9.00. The summed E-state index contributed by atoms with van der Waals surface area (Å²) in [6, 6.07) is 5.58. The van der Waals surface area contributed by atoms with Gasteiger partial charge in [0.05, 0.1) is 19.5 Å². The number of ether oxygens (including phenoxy) is 1. The molecule has 128 valence electrons. The van der Waals surface area contributed by atoms with Crippen molar-refractivity contribution in [3.63, 3.8) is 0 Å². The van der Waals surface area contributed by atoms with E-state index >= 15 is 0 Å². The quantitative estimate of drug-likeness (QED) is 0.889. The molecule has 0 radical (unpaired) electrons. The van der Waals surface area contributed by atoms with E-state index in [1.54, 1.807) is 11.3 Å². The number of aromatic amines is 1. The summed E-state index contributed by atoms with van der Waals surface area (Å²) in [6.45, 7) is 2.42. The molecular formula is C17H21N3O3S. The minimum atomic E-state index is -0.154. The highest BCUT2D eigenvalue weighted by atomic mass is 32.1. The van der Waals surface area contributed by atoms with E-state index in [1.165, 1.54) is 17.3 Å². The van der Waals surface area contributed by atoms with Crippen molar-refractivity contribution in [1.82, 2.24) is 14.9 Å². The third-order valence-corrected chi connectivity index (χ3v) is 5.02. The third kappa shape index (κ3) is 4.75. The fourth-order valence-electron chi connectivity index (χ4n) is 2.89. The van der Waals surface area contributed by atoms with E-state index in [1.807, 2.05) is 16.3 Å². The number of nitrogens with one attached hydrogen (secondary N) is 1. The molecule has 2 aromatic heterocycles. The van der Waals surface area contributed by atoms with Gasteiger partial charge in [-0.3, -0.25) is 9.59 Å². The maximum atomic E-state index is 12.5. The van der Waals surface area contributed by atoms with E-state index < -0.39 is 0 Å². The number of nitrogens with zero attached hydrogens (tertiary/aromatic N) is 2. The lowest BCUT2D eigenvalue weighted by molar-refractivity contribution is -0.131. The van der Waals surface area contributed by atoms with E-state index in [4.69, 9.17) is 4.74 Å². The number of hydrogen-bond donors (Lipinski definition) is 1. The van der Waals surface area contributed by atoms with Gasteiger partial charge in [-0.2, -0.15) is 0 Å². The van der Waals surface area contributed by atoms with Crippen LogP contribution in [0, 0.1) is 5.92 Å². The van der Waals surface area contributed by atoms with Gasteiger partial charge < -0.3 is 14.6 Å². The zero-order valence-electron chi connectivity index (χ0n) is 13.4. The number of rotatable bonds is 5. The van der Waals surface area contributed by atoms with Crippen LogP contribution >= 0.6 is 11.3 Å². The molecule has 0 aliphatic carbocycles. The predicted molar refractivity (Wildman–Crippen MR) is 92.1 cm³/mol. The number of H-pyrrole nitrogens is 1. The Morgan fingerprint density at radius 2 is 2.42 bits per heavy atom. The molecule has 1 fully saturated rings. The lowest BCUT2D eigenvalue weighted by Gasteiger charge is -2.23. The molecule has 3 heterocycles. The molecule has 3 rings (SSSR count). The predicted octanol–water partition coefficient (Wildman–Crippen LogP) is 1.48. The fraction of sp³-hybridized carbons (Fsp3) is 0.471. The highest BCUT2D eigenvalue weighted by Gasteiger charge is 2.23. The van der Waals surface area contributed by atoms with Crippen LogP contribution in [0.5, 0.6) is 0 Å². The molecule has 0 saturated carbocycles. The number of aromatic nitrogens is 2. The first kappa shape index (κ1) is 16.9. The van der Waals surface area contributed by atoms with E-state index in [9.17, 15) is 9.59 Å². The summed E-state index contributed by atoms with van der Waals surface area (Å²) in [4.78, 5) is 33.7. The van der Waals surface area contributed by atoms with E-state index in [-0.39, 0.29) is 17.4 Å². The summed E-state index contributed by atoms with van der Waals surface area (Å²) < 4.78 is 5.63. The molecular weight excluding hydrogens is 326 g/mol. The second-order valence-corrected chi connectivity index (χ2v) is 7.00. The Kier molecular flexibility index (Phi) is 5.77. The minimum absolute atomic E-state index is 0.154. The van der Waals surface area contributed by atoms with Gasteiger partial charge in [-0.05, 0) is 24.3 Å². The third-order valence-electron chi connectivity index (χ3n) is 4.09. The smallest absolute Gasteiger partial charge is 0.250 e. The standard InChI is InChI=1S/C17H21N3O3S/c21-16-9-14(18-12-19-16)8-13-10-20(5-6-23-11-13)17(22)4-3-15-2-1-7-24-15/h1-2,7,9,12-13H,3-6,8,10-11H2,(H,18,19,21)/t13-/m0/s1. The summed E-state index contributed by atoms with van der Waals surface area (Å²) in [6.07, 6.45) is 3.36. The second-order valence-electron chi connectivity index (χ2n) is 5.97. The van der Waals surface area contributed by atoms with Gasteiger partial charge in [-0.1, -0.05) is 6.07 Å². The van der Waals surface area contributed by atoms with Crippen molar-refractivity contribution in [1.29, 1.82) is 0 Å². The van der Waals surface area contributed by atoms with Crippen LogP contribution in [0.1, 0.15) is 17.0 Å². The highest BCUT2D eigenvalue weighted by Crippen LogP contribution is 2.15. The molecule has 0 spiro atoms. The second kappa shape index (κ2) is 8.21. The van der Waals surface area contributed by atoms with Crippen molar-refractivity contribution in [2.45, 2.75) is 19.3 Å². The van der Waals surface area contributed by atoms with Crippen LogP contribution in [-0.2, 0) is 22.4 Å². The zero-order chi connectivity index (χ0) is 16.8. The van der Waals surface area contributed by atoms with Crippen LogP contribution in [0.3, 0.4) is 0 Å². The van der Waals surface area contributed by atoms with Gasteiger partial charge in [0.25, 0.3) is 5.56 Å². The molecule has 1 aliphatic rings. The van der Waals surface area contributed by atoms with Crippen molar-refractivity contribution < 1.29 is 9.53 Å². The van der Waals surface area contributed by atoms with Crippen molar-refractivity contribution >= 4 is 17.2 Å². The number of amides is 1. The highest BCUT2D eigenvalue weighted by molar-refractivity contribution is 7.09. The summed E-state index contributed by atoms with van der Waals surface area (Å²) >= 11 is 1.68. The first-order valence-electron chi connectivity index (χ1n) is 8.12. The largest absolute Gasteiger partial charge is 0.379 e. The van der Waals surface area contributed by atoms with E-state index in [0.29, 0.717) is 39.1 Å². The Balaban J connectivity index is 1.57. The Morgan fingerprint density at radius 3 is 3.21 bits per heavy atom. The molecule has 1 saturated heterocycles. The van der Waals surface area contributed by atoms with Crippen molar-refractivity contribution in [2.75, 3.05) is 26.3 Å². The molecule has 1 atom stereocenters. The van der Waals surface area contributed by atoms with Crippen LogP contribution in [0.25, 0.3) is 0 Å². The zero-order valence-corrected chi connectivity index (χ0v) is 14.3. The van der Waals surface area contributed by atoms with Crippen LogP contribution < -0.4 is 5.56 Å². The number of thiophene rings is 1. The summed E-state index contributed by atoms with van der Waals surface area (Å²) in [7, 11) is 0. The molecule has 6 nitrogen and oxygen atoms in total. The van der Waals surface area contributed by atoms with Gasteiger partial charge in [0.15, 0.2) is 0 Å². The number of hydrogen-bond acceptors (Lipinski definition) is 5. The Hall–Kier alpha value is -1.99. The lowest BCUT2D eigenvalue weighted by Crippen LogP contribution is -2.36. The average Bonchev–Trinajstić information content (AvgIpc) is 2.98. The van der Waals surface area contributed by atoms with Gasteiger partial charge in [0, 0.05) is 42.1 Å². The number of aryl methyl sites for hydroxylation is 1. The number of carbonyl (C=O) groups excluding carboxylic acids is 1. The fourth-order valence-corrected chi connectivity index (χ4v) is 3.60. The Morgan fingerprint density at radius 1 is 1.50 bits per heavy atom. The van der Waals surface area contributed by atoms with Crippen LogP contribution in [-0.4, -0.2) is 47.1 Å². The summed E-state index contributed by atoms with van der Waals surface area (Å²) in [5.41, 5.74) is 0.582. The topological polar surface area (TPSA) is 75.3 Å².